The van der Waals surface area contributed by atoms with Crippen molar-refractivity contribution in [2.75, 3.05) is 7.11 Å². The van der Waals surface area contributed by atoms with Crippen molar-refractivity contribution in [3.05, 3.63) is 56.5 Å². The van der Waals surface area contributed by atoms with Gasteiger partial charge in [0.2, 0.25) is 0 Å². The van der Waals surface area contributed by atoms with E-state index in [9.17, 15) is 27.9 Å². The van der Waals surface area contributed by atoms with Gasteiger partial charge in [0.05, 0.1) is 12.0 Å². The van der Waals surface area contributed by atoms with Crippen LogP contribution in [0.4, 0.5) is 13.2 Å². The number of ether oxygens (including phenoxy) is 2. The minimum absolute atomic E-state index is 0.0809. The van der Waals surface area contributed by atoms with Gasteiger partial charge in [0.15, 0.2) is 28.4 Å². The number of aliphatic hydroxyl groups excluding tert-OH is 1. The number of nitrogens with zero attached hydrogens (tertiary/aromatic N) is 1. The summed E-state index contributed by atoms with van der Waals surface area (Å²) < 4.78 is 49.2. The topological polar surface area (TPSA) is 85.7 Å². The molecule has 0 aliphatic rings. The first-order valence-corrected chi connectivity index (χ1v) is 8.94. The average Bonchev–Trinajstić information content (AvgIpc) is 2.97. The molecule has 0 atom stereocenters. The maximum Gasteiger partial charge on any atom is 0.345 e. The molecule has 0 saturated heterocycles. The van der Waals surface area contributed by atoms with E-state index in [1.54, 1.807) is 0 Å². The van der Waals surface area contributed by atoms with Crippen LogP contribution in [0, 0.1) is 17.5 Å². The van der Waals surface area contributed by atoms with E-state index in [4.69, 9.17) is 16.3 Å². The number of Topliss-reactive ketones (excluding diaryl/α,β-unsaturated/α-hetero) is 1. The number of halogens is 4. The Morgan fingerprint density at radius 2 is 1.79 bits per heavy atom. The van der Waals surface area contributed by atoms with Gasteiger partial charge in [0, 0.05) is 12.1 Å². The van der Waals surface area contributed by atoms with Gasteiger partial charge in [-0.05, 0) is 25.5 Å². The average molecular weight is 448 g/mol. The SMILES string of the molecule is COC(=O)/C(C(C)=O)=C(O)\C(C)=C\c1sc(Oc2cc(F)c(F)c(F)c2)nc1Cl. The van der Waals surface area contributed by atoms with Gasteiger partial charge in [0.1, 0.15) is 17.1 Å². The molecule has 0 amide bonds. The Balaban J connectivity index is 2.37. The Labute approximate surface area is 171 Å². The molecule has 1 N–H and O–H groups in total. The number of aliphatic hydroxyl groups is 1. The molecule has 0 spiro atoms. The van der Waals surface area contributed by atoms with E-state index in [0.717, 1.165) is 25.4 Å². The lowest BCUT2D eigenvalue weighted by molar-refractivity contribution is -0.137. The second kappa shape index (κ2) is 9.10. The van der Waals surface area contributed by atoms with Crippen LogP contribution in [0.2, 0.25) is 5.15 Å². The van der Waals surface area contributed by atoms with Crippen LogP contribution >= 0.6 is 22.9 Å². The van der Waals surface area contributed by atoms with Crippen molar-refractivity contribution in [2.45, 2.75) is 13.8 Å². The summed E-state index contributed by atoms with van der Waals surface area (Å²) in [4.78, 5) is 27.4. The Kier molecular flexibility index (Phi) is 7.04. The highest BCUT2D eigenvalue weighted by molar-refractivity contribution is 7.14. The number of rotatable bonds is 6. The minimum atomic E-state index is -1.64. The Bertz CT molecular complexity index is 1030. The number of carbonyl (C=O) groups excluding carboxylic acids is 2. The summed E-state index contributed by atoms with van der Waals surface area (Å²) in [5.74, 6) is -7.18. The van der Waals surface area contributed by atoms with E-state index in [-0.39, 0.29) is 26.5 Å². The predicted octanol–water partition coefficient (Wildman–Crippen LogP) is 4.98. The number of ketones is 1. The zero-order valence-corrected chi connectivity index (χ0v) is 16.8. The zero-order valence-electron chi connectivity index (χ0n) is 15.2. The number of methoxy groups -OCH3 is 1. The van der Waals surface area contributed by atoms with Crippen molar-refractivity contribution >= 4 is 40.8 Å². The fourth-order valence-electron chi connectivity index (χ4n) is 2.09. The van der Waals surface area contributed by atoms with Crippen molar-refractivity contribution in [3.63, 3.8) is 0 Å². The number of thiazole rings is 1. The third-order valence-corrected chi connectivity index (χ3v) is 4.73. The quantitative estimate of drug-likeness (QED) is 0.128. The summed E-state index contributed by atoms with van der Waals surface area (Å²) in [6.07, 6.45) is 1.32. The van der Waals surface area contributed by atoms with Crippen LogP contribution in [0.3, 0.4) is 0 Å². The van der Waals surface area contributed by atoms with Gasteiger partial charge in [-0.2, -0.15) is 4.98 Å². The van der Waals surface area contributed by atoms with Gasteiger partial charge in [-0.25, -0.2) is 18.0 Å². The van der Waals surface area contributed by atoms with Crippen molar-refractivity contribution in [1.29, 1.82) is 0 Å². The van der Waals surface area contributed by atoms with Crippen LogP contribution in [0.15, 0.2) is 29.0 Å². The summed E-state index contributed by atoms with van der Waals surface area (Å²) in [7, 11) is 1.06. The summed E-state index contributed by atoms with van der Waals surface area (Å²) >= 11 is 6.83. The fraction of sp³-hybridized carbons (Fsp3) is 0.167. The molecule has 11 heteroatoms. The van der Waals surface area contributed by atoms with Crippen LogP contribution in [-0.2, 0) is 14.3 Å². The maximum atomic E-state index is 13.3. The lowest BCUT2D eigenvalue weighted by Crippen LogP contribution is -2.15. The molecule has 29 heavy (non-hydrogen) atoms. The van der Waals surface area contributed by atoms with Gasteiger partial charge in [0.25, 0.3) is 5.19 Å². The molecule has 0 unspecified atom stereocenters. The monoisotopic (exact) mass is 447 g/mol. The Morgan fingerprint density at radius 3 is 2.31 bits per heavy atom. The van der Waals surface area contributed by atoms with E-state index in [0.29, 0.717) is 12.1 Å². The molecule has 6 nitrogen and oxygen atoms in total. The molecule has 0 radical (unpaired) electrons. The Morgan fingerprint density at radius 1 is 1.21 bits per heavy atom. The minimum Gasteiger partial charge on any atom is -0.507 e. The van der Waals surface area contributed by atoms with Crippen LogP contribution in [0.1, 0.15) is 18.7 Å². The van der Waals surface area contributed by atoms with Crippen molar-refractivity contribution in [1.82, 2.24) is 4.98 Å². The fourth-order valence-corrected chi connectivity index (χ4v) is 3.22. The largest absolute Gasteiger partial charge is 0.507 e. The van der Waals surface area contributed by atoms with Gasteiger partial charge in [-0.15, -0.1) is 0 Å². The van der Waals surface area contributed by atoms with E-state index in [1.807, 2.05) is 0 Å². The molecule has 0 saturated carbocycles. The maximum absolute atomic E-state index is 13.3. The van der Waals surface area contributed by atoms with Crippen LogP contribution < -0.4 is 4.74 Å². The van der Waals surface area contributed by atoms with E-state index >= 15 is 0 Å². The number of hydrogen-bond donors (Lipinski definition) is 1. The molecule has 154 valence electrons. The first-order valence-electron chi connectivity index (χ1n) is 7.75. The highest BCUT2D eigenvalue weighted by Crippen LogP contribution is 2.35. The molecule has 1 aromatic carbocycles. The molecule has 2 aromatic rings. The first kappa shape index (κ1) is 22.4. The lowest BCUT2D eigenvalue weighted by Gasteiger charge is -2.06. The number of hydrogen-bond acceptors (Lipinski definition) is 7. The van der Waals surface area contributed by atoms with E-state index < -0.39 is 40.5 Å². The van der Waals surface area contributed by atoms with Gasteiger partial charge in [-0.3, -0.25) is 4.79 Å². The van der Waals surface area contributed by atoms with E-state index in [1.165, 1.54) is 13.0 Å². The molecular formula is C18H13ClF3NO5S. The van der Waals surface area contributed by atoms with Crippen LogP contribution in [-0.4, -0.2) is 29.0 Å². The lowest BCUT2D eigenvalue weighted by atomic mass is 10.1. The van der Waals surface area contributed by atoms with E-state index in [2.05, 4.69) is 9.72 Å². The number of carbonyl (C=O) groups is 2. The van der Waals surface area contributed by atoms with Crippen molar-refractivity contribution < 1.29 is 37.3 Å². The molecule has 0 aliphatic carbocycles. The highest BCUT2D eigenvalue weighted by Gasteiger charge is 2.22. The third kappa shape index (κ3) is 5.15. The Hall–Kier alpha value is -2.85. The number of allylic oxidation sites excluding steroid dienone is 1. The summed E-state index contributed by atoms with van der Waals surface area (Å²) in [6.45, 7) is 2.49. The van der Waals surface area contributed by atoms with Gasteiger partial charge < -0.3 is 14.6 Å². The third-order valence-electron chi connectivity index (χ3n) is 3.45. The smallest absolute Gasteiger partial charge is 0.345 e. The van der Waals surface area contributed by atoms with Gasteiger partial charge in [-0.1, -0.05) is 22.9 Å². The van der Waals surface area contributed by atoms with Crippen LogP contribution in [0.5, 0.6) is 10.9 Å². The molecular weight excluding hydrogens is 435 g/mol. The number of esters is 1. The van der Waals surface area contributed by atoms with Crippen LogP contribution in [0.25, 0.3) is 6.08 Å². The predicted molar refractivity (Wildman–Crippen MR) is 99.5 cm³/mol. The number of benzene rings is 1. The van der Waals surface area contributed by atoms with Crippen molar-refractivity contribution in [3.8, 4) is 10.9 Å². The second-order valence-corrected chi connectivity index (χ2v) is 6.89. The second-order valence-electron chi connectivity index (χ2n) is 5.54. The molecule has 1 aromatic heterocycles. The summed E-state index contributed by atoms with van der Waals surface area (Å²) in [5, 5.41) is 10.0. The first-order chi connectivity index (χ1) is 13.5. The number of aromatic nitrogens is 1. The standard InChI is InChI=1S/C18H13ClF3NO5S/c1-7(15(25)13(8(2)24)17(26)27-3)4-12-16(19)23-18(29-12)28-9-5-10(20)14(22)11(21)6-9/h4-6,25H,1-3H3/b7-4+,15-13+. The molecule has 0 bridgehead atoms. The normalized spacial score (nSPS) is 12.4. The molecule has 2 rings (SSSR count). The zero-order chi connectivity index (χ0) is 21.9. The van der Waals surface area contributed by atoms with Crippen molar-refractivity contribution in [2.24, 2.45) is 0 Å². The molecule has 1 heterocycles. The highest BCUT2D eigenvalue weighted by atomic mass is 35.5. The molecule has 0 fully saturated rings. The van der Waals surface area contributed by atoms with Gasteiger partial charge >= 0.3 is 5.97 Å². The summed E-state index contributed by atoms with van der Waals surface area (Å²) in [5.41, 5.74) is -0.452. The molecule has 0 aliphatic heterocycles. The summed E-state index contributed by atoms with van der Waals surface area (Å²) in [6, 6.07) is 1.27.